The average molecular weight is 302 g/mol. The molecule has 84 valence electrons. The first-order valence-corrected chi connectivity index (χ1v) is 5.87. The van der Waals surface area contributed by atoms with Gasteiger partial charge in [-0.15, -0.1) is 0 Å². The molecule has 2 aromatic rings. The highest BCUT2D eigenvalue weighted by Gasteiger charge is 2.17. The van der Waals surface area contributed by atoms with Crippen molar-refractivity contribution in [2.24, 2.45) is 7.05 Å². The van der Waals surface area contributed by atoms with Gasteiger partial charge in [0.1, 0.15) is 11.9 Å². The Bertz CT molecular complexity index is 512. The standard InChI is InChI=1S/C11H10BrClN2O/c1-15-5-4-14-11(15)10(16)8-6-7(12)2-3-9(8)13/h2-6,10,16H,1H3. The Morgan fingerprint density at radius 1 is 1.50 bits per heavy atom. The molecule has 1 unspecified atom stereocenters. The highest BCUT2D eigenvalue weighted by molar-refractivity contribution is 9.10. The molecule has 16 heavy (non-hydrogen) atoms. The Hall–Kier alpha value is -0.840. The first-order chi connectivity index (χ1) is 7.59. The highest BCUT2D eigenvalue weighted by atomic mass is 79.9. The van der Waals surface area contributed by atoms with Gasteiger partial charge < -0.3 is 9.67 Å². The van der Waals surface area contributed by atoms with Crippen LogP contribution in [-0.2, 0) is 7.05 Å². The van der Waals surface area contributed by atoms with Gasteiger partial charge in [-0.3, -0.25) is 0 Å². The molecule has 5 heteroatoms. The average Bonchev–Trinajstić information content (AvgIpc) is 2.67. The lowest BCUT2D eigenvalue weighted by Gasteiger charge is -2.12. The van der Waals surface area contributed by atoms with E-state index in [1.807, 2.05) is 13.1 Å². The van der Waals surface area contributed by atoms with Crippen LogP contribution in [0.15, 0.2) is 35.1 Å². The van der Waals surface area contributed by atoms with E-state index in [9.17, 15) is 5.11 Å². The fourth-order valence-electron chi connectivity index (χ4n) is 1.50. The molecule has 1 aromatic heterocycles. The smallest absolute Gasteiger partial charge is 0.142 e. The molecule has 3 nitrogen and oxygen atoms in total. The summed E-state index contributed by atoms with van der Waals surface area (Å²) < 4.78 is 2.64. The summed E-state index contributed by atoms with van der Waals surface area (Å²) in [6.45, 7) is 0. The van der Waals surface area contributed by atoms with E-state index < -0.39 is 6.10 Å². The molecular weight excluding hydrogens is 291 g/mol. The summed E-state index contributed by atoms with van der Waals surface area (Å²) in [5, 5.41) is 10.7. The zero-order chi connectivity index (χ0) is 11.7. The number of hydrogen-bond acceptors (Lipinski definition) is 2. The second kappa shape index (κ2) is 4.57. The van der Waals surface area contributed by atoms with Crippen molar-refractivity contribution in [3.63, 3.8) is 0 Å². The first-order valence-electron chi connectivity index (χ1n) is 4.70. The van der Waals surface area contributed by atoms with Crippen molar-refractivity contribution in [1.29, 1.82) is 0 Å². The molecule has 0 spiro atoms. The molecule has 0 fully saturated rings. The molecule has 0 radical (unpaired) electrons. The van der Waals surface area contributed by atoms with Gasteiger partial charge in [-0.1, -0.05) is 27.5 Å². The molecule has 1 heterocycles. The number of benzene rings is 1. The summed E-state index contributed by atoms with van der Waals surface area (Å²) in [4.78, 5) is 4.10. The van der Waals surface area contributed by atoms with Gasteiger partial charge in [0.05, 0.1) is 0 Å². The lowest BCUT2D eigenvalue weighted by atomic mass is 10.1. The molecule has 2 rings (SSSR count). The van der Waals surface area contributed by atoms with Crippen molar-refractivity contribution < 1.29 is 5.11 Å². The largest absolute Gasteiger partial charge is 0.380 e. The van der Waals surface area contributed by atoms with Crippen molar-refractivity contribution in [2.45, 2.75) is 6.10 Å². The van der Waals surface area contributed by atoms with E-state index in [-0.39, 0.29) is 0 Å². The van der Waals surface area contributed by atoms with E-state index in [1.165, 1.54) is 0 Å². The van der Waals surface area contributed by atoms with Crippen molar-refractivity contribution in [2.75, 3.05) is 0 Å². The number of imidazole rings is 1. The van der Waals surface area contributed by atoms with Crippen molar-refractivity contribution >= 4 is 27.5 Å². The van der Waals surface area contributed by atoms with Crippen LogP contribution < -0.4 is 0 Å². The van der Waals surface area contributed by atoms with Crippen LogP contribution in [0.2, 0.25) is 5.02 Å². The number of aromatic nitrogens is 2. The van der Waals surface area contributed by atoms with E-state index in [4.69, 9.17) is 11.6 Å². The molecule has 1 atom stereocenters. The summed E-state index contributed by atoms with van der Waals surface area (Å²) in [5.74, 6) is 0.569. The predicted molar refractivity (Wildman–Crippen MR) is 66.4 cm³/mol. The highest BCUT2D eigenvalue weighted by Crippen LogP contribution is 2.29. The fraction of sp³-hybridized carbons (Fsp3) is 0.182. The number of halogens is 2. The molecule has 0 bridgehead atoms. The Labute approximate surface area is 107 Å². The van der Waals surface area contributed by atoms with Crippen LogP contribution in [0.1, 0.15) is 17.5 Å². The molecule has 0 aliphatic rings. The minimum absolute atomic E-state index is 0.527. The maximum Gasteiger partial charge on any atom is 0.142 e. The van der Waals surface area contributed by atoms with Crippen LogP contribution >= 0.6 is 27.5 Å². The summed E-state index contributed by atoms with van der Waals surface area (Å²) in [6, 6.07) is 5.37. The van der Waals surface area contributed by atoms with Crippen LogP contribution in [0.25, 0.3) is 0 Å². The third kappa shape index (κ3) is 2.14. The number of aliphatic hydroxyl groups excluding tert-OH is 1. The Balaban J connectivity index is 2.45. The van der Waals surface area contributed by atoms with Gasteiger partial charge in [0, 0.05) is 34.5 Å². The number of rotatable bonds is 2. The third-order valence-corrected chi connectivity index (χ3v) is 3.19. The van der Waals surface area contributed by atoms with Gasteiger partial charge in [0.15, 0.2) is 0 Å². The van der Waals surface area contributed by atoms with Crippen LogP contribution in [0.3, 0.4) is 0 Å². The zero-order valence-corrected chi connectivity index (χ0v) is 10.9. The Morgan fingerprint density at radius 3 is 2.88 bits per heavy atom. The summed E-state index contributed by atoms with van der Waals surface area (Å²) in [5.41, 5.74) is 0.644. The first kappa shape index (κ1) is 11.6. The molecule has 1 aromatic carbocycles. The SMILES string of the molecule is Cn1ccnc1C(O)c1cc(Br)ccc1Cl. The second-order valence-corrected chi connectivity index (χ2v) is 4.79. The van der Waals surface area contributed by atoms with E-state index >= 15 is 0 Å². The normalized spacial score (nSPS) is 12.8. The summed E-state index contributed by atoms with van der Waals surface area (Å²) >= 11 is 9.39. The Morgan fingerprint density at radius 2 is 2.25 bits per heavy atom. The van der Waals surface area contributed by atoms with Crippen molar-refractivity contribution in [3.05, 3.63) is 51.5 Å². The lowest BCUT2D eigenvalue weighted by molar-refractivity contribution is 0.206. The van der Waals surface area contributed by atoms with Gasteiger partial charge in [-0.05, 0) is 18.2 Å². The van der Waals surface area contributed by atoms with Crippen LogP contribution in [0, 0.1) is 0 Å². The maximum absolute atomic E-state index is 10.2. The van der Waals surface area contributed by atoms with Crippen LogP contribution in [0.5, 0.6) is 0 Å². The lowest BCUT2D eigenvalue weighted by Crippen LogP contribution is -2.07. The molecule has 1 N–H and O–H groups in total. The van der Waals surface area contributed by atoms with Gasteiger partial charge >= 0.3 is 0 Å². The van der Waals surface area contributed by atoms with Gasteiger partial charge in [-0.25, -0.2) is 4.98 Å². The number of aryl methyl sites for hydroxylation is 1. The molecule has 0 amide bonds. The molecule has 0 aliphatic heterocycles. The number of hydrogen-bond donors (Lipinski definition) is 1. The fourth-order valence-corrected chi connectivity index (χ4v) is 2.10. The topological polar surface area (TPSA) is 38.0 Å². The van der Waals surface area contributed by atoms with Crippen molar-refractivity contribution in [1.82, 2.24) is 9.55 Å². The molecule has 0 saturated carbocycles. The van der Waals surface area contributed by atoms with Crippen molar-refractivity contribution in [3.8, 4) is 0 Å². The van der Waals surface area contributed by atoms with E-state index in [2.05, 4.69) is 20.9 Å². The van der Waals surface area contributed by atoms with E-state index in [1.54, 1.807) is 29.1 Å². The minimum Gasteiger partial charge on any atom is -0.380 e. The van der Waals surface area contributed by atoms with E-state index in [0.717, 1.165) is 4.47 Å². The van der Waals surface area contributed by atoms with Gasteiger partial charge in [0.2, 0.25) is 0 Å². The summed E-state index contributed by atoms with van der Waals surface area (Å²) in [7, 11) is 1.83. The number of aliphatic hydroxyl groups is 1. The van der Waals surface area contributed by atoms with Gasteiger partial charge in [-0.2, -0.15) is 0 Å². The second-order valence-electron chi connectivity index (χ2n) is 3.46. The molecule has 0 aliphatic carbocycles. The molecule has 0 saturated heterocycles. The number of nitrogens with zero attached hydrogens (tertiary/aromatic N) is 2. The Kier molecular flexibility index (Phi) is 3.33. The third-order valence-electron chi connectivity index (χ3n) is 2.36. The zero-order valence-electron chi connectivity index (χ0n) is 8.56. The van der Waals surface area contributed by atoms with Crippen LogP contribution in [0.4, 0.5) is 0 Å². The maximum atomic E-state index is 10.2. The monoisotopic (exact) mass is 300 g/mol. The quantitative estimate of drug-likeness (QED) is 0.926. The predicted octanol–water partition coefficient (Wildman–Crippen LogP) is 2.92. The van der Waals surface area contributed by atoms with Crippen LogP contribution in [-0.4, -0.2) is 14.7 Å². The summed E-state index contributed by atoms with van der Waals surface area (Å²) in [6.07, 6.45) is 2.61. The molecular formula is C11H10BrClN2O. The van der Waals surface area contributed by atoms with E-state index in [0.29, 0.717) is 16.4 Å². The minimum atomic E-state index is -0.815. The van der Waals surface area contributed by atoms with Gasteiger partial charge in [0.25, 0.3) is 0 Å².